The molecular formula is C14H13N3O2S. The number of thiophene rings is 1. The first kappa shape index (κ1) is 11.6. The van der Waals surface area contributed by atoms with Gasteiger partial charge in [-0.15, -0.1) is 11.3 Å². The van der Waals surface area contributed by atoms with Gasteiger partial charge in [0.15, 0.2) is 11.5 Å². The van der Waals surface area contributed by atoms with Crippen LogP contribution in [-0.4, -0.2) is 23.2 Å². The Balaban J connectivity index is 1.88. The van der Waals surface area contributed by atoms with Gasteiger partial charge in [-0.25, -0.2) is 4.98 Å². The molecule has 0 saturated heterocycles. The van der Waals surface area contributed by atoms with E-state index in [1.165, 1.54) is 4.88 Å². The maximum atomic E-state index is 6.03. The molecule has 5 nitrogen and oxygen atoms in total. The Labute approximate surface area is 119 Å². The Morgan fingerprint density at radius 1 is 1.20 bits per heavy atom. The topological polar surface area (TPSA) is 73.2 Å². The van der Waals surface area contributed by atoms with E-state index in [1.807, 2.05) is 25.1 Å². The molecule has 102 valence electrons. The molecule has 1 aliphatic rings. The number of rotatable bonds is 1. The van der Waals surface area contributed by atoms with Crippen molar-refractivity contribution in [2.24, 2.45) is 0 Å². The van der Waals surface area contributed by atoms with Crippen molar-refractivity contribution < 1.29 is 9.47 Å². The maximum absolute atomic E-state index is 6.03. The molecule has 3 heterocycles. The fourth-order valence-electron chi connectivity index (χ4n) is 2.39. The molecule has 0 spiro atoms. The molecule has 0 atom stereocenters. The van der Waals surface area contributed by atoms with Crippen molar-refractivity contribution in [2.45, 2.75) is 6.92 Å². The highest BCUT2D eigenvalue weighted by Gasteiger charge is 2.16. The number of hydrogen-bond acceptors (Lipinski definition) is 5. The number of benzene rings is 1. The summed E-state index contributed by atoms with van der Waals surface area (Å²) in [6, 6.07) is 5.87. The molecule has 0 fully saturated rings. The molecular weight excluding hydrogens is 274 g/mol. The standard InChI is InChI=1S/C14H13N3O2S/c1-7-4-8(13(15)20-7)14-16-9-5-11-12(6-10(9)17-14)19-3-2-18-11/h4-6H,2-3,15H2,1H3,(H,16,17). The number of ether oxygens (including phenoxy) is 2. The lowest BCUT2D eigenvalue weighted by molar-refractivity contribution is 0.172. The predicted octanol–water partition coefficient (Wildman–Crippen LogP) is 2.95. The van der Waals surface area contributed by atoms with Crippen molar-refractivity contribution in [1.82, 2.24) is 9.97 Å². The van der Waals surface area contributed by atoms with E-state index in [0.717, 1.165) is 38.9 Å². The Morgan fingerprint density at radius 2 is 1.95 bits per heavy atom. The SMILES string of the molecule is Cc1cc(-c2nc3cc4c(cc3[nH]2)OCCO4)c(N)s1. The molecule has 0 unspecified atom stereocenters. The van der Waals surface area contributed by atoms with Gasteiger partial charge in [-0.05, 0) is 13.0 Å². The van der Waals surface area contributed by atoms with E-state index in [1.54, 1.807) is 11.3 Å². The highest BCUT2D eigenvalue weighted by molar-refractivity contribution is 7.16. The second-order valence-electron chi connectivity index (χ2n) is 4.73. The first-order valence-electron chi connectivity index (χ1n) is 6.36. The van der Waals surface area contributed by atoms with Gasteiger partial charge in [-0.3, -0.25) is 0 Å². The molecule has 1 aromatic carbocycles. The van der Waals surface area contributed by atoms with Crippen LogP contribution in [0.5, 0.6) is 11.5 Å². The van der Waals surface area contributed by atoms with E-state index in [4.69, 9.17) is 15.2 Å². The van der Waals surface area contributed by atoms with Crippen molar-refractivity contribution in [3.8, 4) is 22.9 Å². The maximum Gasteiger partial charge on any atom is 0.163 e. The number of fused-ring (bicyclic) bond motifs is 2. The Morgan fingerprint density at radius 3 is 2.65 bits per heavy atom. The van der Waals surface area contributed by atoms with Gasteiger partial charge in [0.05, 0.1) is 21.6 Å². The van der Waals surface area contributed by atoms with Crippen LogP contribution < -0.4 is 15.2 Å². The fraction of sp³-hybridized carbons (Fsp3) is 0.214. The lowest BCUT2D eigenvalue weighted by Gasteiger charge is -2.17. The van der Waals surface area contributed by atoms with Crippen LogP contribution in [0.4, 0.5) is 5.00 Å². The Bertz CT molecular complexity index is 763. The van der Waals surface area contributed by atoms with Crippen LogP contribution >= 0.6 is 11.3 Å². The molecule has 1 aliphatic heterocycles. The van der Waals surface area contributed by atoms with Crippen LogP contribution in [0.3, 0.4) is 0 Å². The summed E-state index contributed by atoms with van der Waals surface area (Å²) >= 11 is 1.57. The summed E-state index contributed by atoms with van der Waals surface area (Å²) in [6.07, 6.45) is 0. The van der Waals surface area contributed by atoms with Gasteiger partial charge in [-0.1, -0.05) is 0 Å². The van der Waals surface area contributed by atoms with Gasteiger partial charge in [0.25, 0.3) is 0 Å². The van der Waals surface area contributed by atoms with Crippen LogP contribution in [0.2, 0.25) is 0 Å². The number of nitrogen functional groups attached to an aromatic ring is 1. The van der Waals surface area contributed by atoms with Gasteiger partial charge in [-0.2, -0.15) is 0 Å². The molecule has 0 radical (unpaired) electrons. The van der Waals surface area contributed by atoms with Crippen molar-refractivity contribution in [2.75, 3.05) is 18.9 Å². The zero-order valence-corrected chi connectivity index (χ0v) is 11.7. The van der Waals surface area contributed by atoms with Gasteiger partial charge in [0.1, 0.15) is 19.0 Å². The number of aromatic amines is 1. The highest BCUT2D eigenvalue weighted by Crippen LogP contribution is 2.37. The molecule has 0 bridgehead atoms. The summed E-state index contributed by atoms with van der Waals surface area (Å²) in [5.41, 5.74) is 8.75. The lowest BCUT2D eigenvalue weighted by atomic mass is 10.2. The van der Waals surface area contributed by atoms with E-state index in [0.29, 0.717) is 13.2 Å². The largest absolute Gasteiger partial charge is 0.486 e. The van der Waals surface area contributed by atoms with Gasteiger partial charge >= 0.3 is 0 Å². The van der Waals surface area contributed by atoms with E-state index < -0.39 is 0 Å². The predicted molar refractivity (Wildman–Crippen MR) is 79.5 cm³/mol. The van der Waals surface area contributed by atoms with Gasteiger partial charge in [0, 0.05) is 17.0 Å². The summed E-state index contributed by atoms with van der Waals surface area (Å²) in [5, 5.41) is 0.777. The number of hydrogen-bond donors (Lipinski definition) is 2. The van der Waals surface area contributed by atoms with Crippen molar-refractivity contribution in [3.63, 3.8) is 0 Å². The average Bonchev–Trinajstić information content (AvgIpc) is 2.98. The third kappa shape index (κ3) is 1.72. The third-order valence-electron chi connectivity index (χ3n) is 3.28. The van der Waals surface area contributed by atoms with E-state index in [2.05, 4.69) is 9.97 Å². The zero-order valence-electron chi connectivity index (χ0n) is 10.9. The summed E-state index contributed by atoms with van der Waals surface area (Å²) in [5.74, 6) is 2.29. The number of nitrogens with two attached hydrogens (primary N) is 1. The third-order valence-corrected chi connectivity index (χ3v) is 4.16. The smallest absolute Gasteiger partial charge is 0.163 e. The quantitative estimate of drug-likeness (QED) is 0.721. The monoisotopic (exact) mass is 287 g/mol. The number of nitrogens with one attached hydrogen (secondary N) is 1. The molecule has 0 aliphatic carbocycles. The number of H-pyrrole nitrogens is 1. The molecule has 3 N–H and O–H groups in total. The Hall–Kier alpha value is -2.21. The normalized spacial score (nSPS) is 13.8. The summed E-state index contributed by atoms with van der Waals surface area (Å²) in [7, 11) is 0. The first-order valence-corrected chi connectivity index (χ1v) is 7.18. The van der Waals surface area contributed by atoms with Gasteiger partial charge in [0.2, 0.25) is 0 Å². The summed E-state index contributed by atoms with van der Waals surface area (Å²) in [6.45, 7) is 3.19. The van der Waals surface area contributed by atoms with E-state index in [9.17, 15) is 0 Å². The van der Waals surface area contributed by atoms with Crippen molar-refractivity contribution in [1.29, 1.82) is 0 Å². The van der Waals surface area contributed by atoms with Crippen molar-refractivity contribution in [3.05, 3.63) is 23.1 Å². The molecule has 0 amide bonds. The summed E-state index contributed by atoms with van der Waals surface area (Å²) < 4.78 is 11.2. The van der Waals surface area contributed by atoms with E-state index >= 15 is 0 Å². The van der Waals surface area contributed by atoms with E-state index in [-0.39, 0.29) is 0 Å². The van der Waals surface area contributed by atoms with Crippen LogP contribution in [0, 0.1) is 6.92 Å². The highest BCUT2D eigenvalue weighted by atomic mass is 32.1. The Kier molecular flexibility index (Phi) is 2.40. The second-order valence-corrected chi connectivity index (χ2v) is 6.02. The molecule has 20 heavy (non-hydrogen) atoms. The molecule has 6 heteroatoms. The molecule has 2 aromatic heterocycles. The molecule has 3 aromatic rings. The number of nitrogens with zero attached hydrogens (tertiary/aromatic N) is 1. The minimum Gasteiger partial charge on any atom is -0.486 e. The first-order chi connectivity index (χ1) is 9.70. The van der Waals surface area contributed by atoms with Crippen LogP contribution in [0.15, 0.2) is 18.2 Å². The minimum absolute atomic E-state index is 0.576. The van der Waals surface area contributed by atoms with Crippen LogP contribution in [0.25, 0.3) is 22.4 Å². The number of anilines is 1. The number of imidazole rings is 1. The number of aromatic nitrogens is 2. The second kappa shape index (κ2) is 4.14. The van der Waals surface area contributed by atoms with Crippen LogP contribution in [0.1, 0.15) is 4.88 Å². The minimum atomic E-state index is 0.576. The van der Waals surface area contributed by atoms with Gasteiger partial charge < -0.3 is 20.2 Å². The van der Waals surface area contributed by atoms with Crippen molar-refractivity contribution >= 4 is 27.4 Å². The van der Waals surface area contributed by atoms with Crippen LogP contribution in [-0.2, 0) is 0 Å². The average molecular weight is 287 g/mol. The lowest BCUT2D eigenvalue weighted by Crippen LogP contribution is -2.15. The summed E-state index contributed by atoms with van der Waals surface area (Å²) in [4.78, 5) is 9.07. The molecule has 4 rings (SSSR count). The number of aryl methyl sites for hydroxylation is 1. The fourth-order valence-corrected chi connectivity index (χ4v) is 3.18. The zero-order chi connectivity index (χ0) is 13.7. The molecule has 0 saturated carbocycles.